The van der Waals surface area contributed by atoms with Crippen LogP contribution in [0.25, 0.3) is 0 Å². The van der Waals surface area contributed by atoms with Crippen LogP contribution >= 0.6 is 0 Å². The van der Waals surface area contributed by atoms with Crippen molar-refractivity contribution in [2.75, 3.05) is 20.2 Å². The number of carbonyl (C=O) groups is 1. The van der Waals surface area contributed by atoms with E-state index in [4.69, 9.17) is 10.5 Å². The summed E-state index contributed by atoms with van der Waals surface area (Å²) in [6.45, 7) is 4.58. The molecular weight excluding hydrogens is 240 g/mol. The summed E-state index contributed by atoms with van der Waals surface area (Å²) in [5.41, 5.74) is 7.68. The normalized spacial score (nSPS) is 11.4. The predicted molar refractivity (Wildman–Crippen MR) is 75.9 cm³/mol. The van der Waals surface area contributed by atoms with Gasteiger partial charge in [-0.1, -0.05) is 17.9 Å². The molecule has 3 N–H and O–H groups in total. The van der Waals surface area contributed by atoms with Crippen molar-refractivity contribution in [3.05, 3.63) is 34.9 Å². The Hall–Kier alpha value is -1.83. The molecule has 0 aliphatic heterocycles. The van der Waals surface area contributed by atoms with Crippen molar-refractivity contribution in [1.29, 1.82) is 0 Å². The summed E-state index contributed by atoms with van der Waals surface area (Å²) in [4.78, 5) is 12.1. The third-order valence-corrected chi connectivity index (χ3v) is 2.77. The zero-order chi connectivity index (χ0) is 14.3. The number of benzene rings is 1. The Morgan fingerprint density at radius 2 is 2.26 bits per heavy atom. The van der Waals surface area contributed by atoms with Gasteiger partial charge in [-0.3, -0.25) is 4.79 Å². The number of rotatable bonds is 4. The molecular formula is C15H20N2O2. The maximum Gasteiger partial charge on any atom is 0.251 e. The molecule has 0 bridgehead atoms. The molecule has 102 valence electrons. The number of amides is 1. The van der Waals surface area contributed by atoms with E-state index >= 15 is 0 Å². The molecule has 0 heterocycles. The van der Waals surface area contributed by atoms with Gasteiger partial charge in [0, 0.05) is 24.8 Å². The summed E-state index contributed by atoms with van der Waals surface area (Å²) in [6, 6.07) is 5.55. The van der Waals surface area contributed by atoms with Gasteiger partial charge >= 0.3 is 0 Å². The Bertz CT molecular complexity index is 501. The molecule has 0 saturated carbocycles. The number of carbonyl (C=O) groups excluding carboxylic acids is 1. The number of hydrogen-bond acceptors (Lipinski definition) is 3. The van der Waals surface area contributed by atoms with E-state index in [1.165, 1.54) is 0 Å². The van der Waals surface area contributed by atoms with Gasteiger partial charge in [0.1, 0.15) is 0 Å². The SMILES string of the molecule is COC(C)CNC(=O)c1cc(C#CCN)ccc1C. The number of ether oxygens (including phenoxy) is 1. The Kier molecular flexibility index (Phi) is 6.07. The first kappa shape index (κ1) is 15.2. The quantitative estimate of drug-likeness (QED) is 0.796. The van der Waals surface area contributed by atoms with Crippen molar-refractivity contribution in [1.82, 2.24) is 5.32 Å². The average molecular weight is 260 g/mol. The molecule has 1 aromatic carbocycles. The molecule has 0 aliphatic rings. The maximum atomic E-state index is 12.1. The Morgan fingerprint density at radius 1 is 1.53 bits per heavy atom. The van der Waals surface area contributed by atoms with Crippen molar-refractivity contribution in [3.63, 3.8) is 0 Å². The molecule has 1 atom stereocenters. The van der Waals surface area contributed by atoms with E-state index in [9.17, 15) is 4.79 Å². The van der Waals surface area contributed by atoms with Crippen LogP contribution < -0.4 is 11.1 Å². The van der Waals surface area contributed by atoms with Crippen molar-refractivity contribution in [3.8, 4) is 11.8 Å². The van der Waals surface area contributed by atoms with Crippen molar-refractivity contribution in [2.24, 2.45) is 5.73 Å². The molecule has 1 unspecified atom stereocenters. The first-order valence-corrected chi connectivity index (χ1v) is 6.19. The zero-order valence-electron chi connectivity index (χ0n) is 11.6. The fourth-order valence-corrected chi connectivity index (χ4v) is 1.51. The molecule has 0 spiro atoms. The average Bonchev–Trinajstić information content (AvgIpc) is 2.43. The summed E-state index contributed by atoms with van der Waals surface area (Å²) in [5, 5.41) is 2.84. The third kappa shape index (κ3) is 4.74. The molecule has 0 fully saturated rings. The van der Waals surface area contributed by atoms with Crippen LogP contribution in [0.15, 0.2) is 18.2 Å². The minimum atomic E-state index is -0.113. The fraction of sp³-hybridized carbons (Fsp3) is 0.400. The summed E-state index contributed by atoms with van der Waals surface area (Å²) >= 11 is 0. The smallest absolute Gasteiger partial charge is 0.251 e. The van der Waals surface area contributed by atoms with Crippen LogP contribution in [0.2, 0.25) is 0 Å². The minimum Gasteiger partial charge on any atom is -0.380 e. The molecule has 0 radical (unpaired) electrons. The first-order valence-electron chi connectivity index (χ1n) is 6.19. The summed E-state index contributed by atoms with van der Waals surface area (Å²) in [7, 11) is 1.62. The van der Waals surface area contributed by atoms with Crippen LogP contribution in [-0.2, 0) is 4.74 Å². The minimum absolute atomic E-state index is 0.00975. The van der Waals surface area contributed by atoms with E-state index in [1.54, 1.807) is 13.2 Å². The van der Waals surface area contributed by atoms with Crippen LogP contribution in [0.3, 0.4) is 0 Å². The number of aryl methyl sites for hydroxylation is 1. The molecule has 1 amide bonds. The van der Waals surface area contributed by atoms with Crippen molar-refractivity contribution in [2.45, 2.75) is 20.0 Å². The first-order chi connectivity index (χ1) is 9.08. The highest BCUT2D eigenvalue weighted by atomic mass is 16.5. The molecule has 4 nitrogen and oxygen atoms in total. The van der Waals surface area contributed by atoms with Crippen molar-refractivity contribution >= 4 is 5.91 Å². The monoisotopic (exact) mass is 260 g/mol. The van der Waals surface area contributed by atoms with E-state index in [2.05, 4.69) is 17.2 Å². The predicted octanol–water partition coefficient (Wildman–Crippen LogP) is 1.07. The highest BCUT2D eigenvalue weighted by Crippen LogP contribution is 2.10. The molecule has 19 heavy (non-hydrogen) atoms. The second-order valence-electron chi connectivity index (χ2n) is 4.29. The van der Waals surface area contributed by atoms with E-state index in [1.807, 2.05) is 26.0 Å². The third-order valence-electron chi connectivity index (χ3n) is 2.77. The van der Waals surface area contributed by atoms with Gasteiger partial charge in [0.25, 0.3) is 5.91 Å². The Morgan fingerprint density at radius 3 is 2.89 bits per heavy atom. The lowest BCUT2D eigenvalue weighted by atomic mass is 10.0. The van der Waals surface area contributed by atoms with Crippen LogP contribution in [0.4, 0.5) is 0 Å². The molecule has 0 aromatic heterocycles. The lowest BCUT2D eigenvalue weighted by molar-refractivity contribution is 0.0870. The van der Waals surface area contributed by atoms with E-state index < -0.39 is 0 Å². The van der Waals surface area contributed by atoms with Crippen LogP contribution in [0, 0.1) is 18.8 Å². The zero-order valence-corrected chi connectivity index (χ0v) is 11.6. The van der Waals surface area contributed by atoms with Crippen LogP contribution in [0.5, 0.6) is 0 Å². The molecule has 1 rings (SSSR count). The molecule has 0 aliphatic carbocycles. The second kappa shape index (κ2) is 7.57. The second-order valence-corrected chi connectivity index (χ2v) is 4.29. The summed E-state index contributed by atoms with van der Waals surface area (Å²) in [6.07, 6.45) is -0.00975. The molecule has 0 saturated heterocycles. The van der Waals surface area contributed by atoms with Crippen molar-refractivity contribution < 1.29 is 9.53 Å². The summed E-state index contributed by atoms with van der Waals surface area (Å²) < 4.78 is 5.09. The number of nitrogens with one attached hydrogen (secondary N) is 1. The lowest BCUT2D eigenvalue weighted by Gasteiger charge is -2.12. The van der Waals surface area contributed by atoms with Gasteiger partial charge in [0.15, 0.2) is 0 Å². The maximum absolute atomic E-state index is 12.1. The van der Waals surface area contributed by atoms with Gasteiger partial charge in [-0.05, 0) is 31.5 Å². The van der Waals surface area contributed by atoms with Crippen LogP contribution in [-0.4, -0.2) is 32.2 Å². The lowest BCUT2D eigenvalue weighted by Crippen LogP contribution is -2.32. The summed E-state index contributed by atoms with van der Waals surface area (Å²) in [5.74, 6) is 5.59. The number of methoxy groups -OCH3 is 1. The highest BCUT2D eigenvalue weighted by Gasteiger charge is 2.10. The van der Waals surface area contributed by atoms with E-state index in [0.717, 1.165) is 11.1 Å². The van der Waals surface area contributed by atoms with Gasteiger partial charge in [0.05, 0.1) is 12.6 Å². The Balaban J connectivity index is 2.83. The van der Waals surface area contributed by atoms with Gasteiger partial charge in [-0.15, -0.1) is 0 Å². The Labute approximate surface area is 114 Å². The van der Waals surface area contributed by atoms with Gasteiger partial charge in [0.2, 0.25) is 0 Å². The van der Waals surface area contributed by atoms with Gasteiger partial charge in [-0.2, -0.15) is 0 Å². The van der Waals surface area contributed by atoms with Crippen LogP contribution in [0.1, 0.15) is 28.4 Å². The van der Waals surface area contributed by atoms with Gasteiger partial charge < -0.3 is 15.8 Å². The van der Waals surface area contributed by atoms with E-state index in [-0.39, 0.29) is 12.0 Å². The fourth-order valence-electron chi connectivity index (χ4n) is 1.51. The van der Waals surface area contributed by atoms with Gasteiger partial charge in [-0.25, -0.2) is 0 Å². The highest BCUT2D eigenvalue weighted by molar-refractivity contribution is 5.96. The standard InChI is InChI=1S/C15H20N2O2/c1-11-6-7-13(5-4-8-16)9-14(11)15(18)17-10-12(2)19-3/h6-7,9,12H,8,10,16H2,1-3H3,(H,17,18). The molecule has 4 heteroatoms. The van der Waals surface area contributed by atoms with E-state index in [0.29, 0.717) is 18.7 Å². The number of nitrogens with two attached hydrogens (primary N) is 1. The topological polar surface area (TPSA) is 64.3 Å². The molecule has 1 aromatic rings. The number of hydrogen-bond donors (Lipinski definition) is 2. The largest absolute Gasteiger partial charge is 0.380 e.